The lowest BCUT2D eigenvalue weighted by atomic mass is 10.1. The molecule has 0 radical (unpaired) electrons. The summed E-state index contributed by atoms with van der Waals surface area (Å²) >= 11 is 3.30. The molecule has 0 amide bonds. The third-order valence-corrected chi connectivity index (χ3v) is 2.20. The zero-order valence-corrected chi connectivity index (χ0v) is 10.7. The lowest BCUT2D eigenvalue weighted by Gasteiger charge is -2.15. The van der Waals surface area contributed by atoms with Crippen LogP contribution in [0.2, 0.25) is 0 Å². The van der Waals surface area contributed by atoms with Crippen LogP contribution in [0.5, 0.6) is 0 Å². The van der Waals surface area contributed by atoms with E-state index in [2.05, 4.69) is 15.9 Å². The molecule has 4 nitrogen and oxygen atoms in total. The van der Waals surface area contributed by atoms with Crippen LogP contribution in [-0.4, -0.2) is 30.0 Å². The van der Waals surface area contributed by atoms with E-state index in [0.717, 1.165) is 18.2 Å². The Hall–Kier alpha value is -0.580. The van der Waals surface area contributed by atoms with Crippen molar-refractivity contribution in [2.45, 2.75) is 39.2 Å². The van der Waals surface area contributed by atoms with E-state index in [4.69, 9.17) is 9.47 Å². The fourth-order valence-electron chi connectivity index (χ4n) is 1.15. The summed E-state index contributed by atoms with van der Waals surface area (Å²) in [6.07, 6.45) is 2.13. The van der Waals surface area contributed by atoms with Gasteiger partial charge >= 0.3 is 11.9 Å². The molecule has 88 valence electrons. The molecule has 0 bridgehead atoms. The summed E-state index contributed by atoms with van der Waals surface area (Å²) < 4.78 is 9.87. The quantitative estimate of drug-likeness (QED) is 0.407. The second-order valence-corrected chi connectivity index (χ2v) is 3.98. The van der Waals surface area contributed by atoms with E-state index < -0.39 is 0 Å². The van der Waals surface area contributed by atoms with Crippen LogP contribution in [0.3, 0.4) is 0 Å². The smallest absolute Gasteiger partial charge is 0.302 e. The highest BCUT2D eigenvalue weighted by Gasteiger charge is 2.10. The van der Waals surface area contributed by atoms with Crippen LogP contribution in [0.15, 0.2) is 0 Å². The molecule has 0 aliphatic carbocycles. The van der Waals surface area contributed by atoms with Gasteiger partial charge in [0.2, 0.25) is 0 Å². The Labute approximate surface area is 98.4 Å². The first-order valence-electron chi connectivity index (χ1n) is 4.92. The van der Waals surface area contributed by atoms with Gasteiger partial charge in [-0.1, -0.05) is 15.9 Å². The summed E-state index contributed by atoms with van der Waals surface area (Å²) in [6.45, 7) is 3.16. The number of carbonyl (C=O) groups excluding carboxylic acids is 2. The maximum absolute atomic E-state index is 10.7. The molecule has 0 aliphatic heterocycles. The van der Waals surface area contributed by atoms with E-state index in [9.17, 15) is 9.59 Å². The number of ether oxygens (including phenoxy) is 2. The summed E-state index contributed by atoms with van der Waals surface area (Å²) in [6, 6.07) is 0. The van der Waals surface area contributed by atoms with Crippen LogP contribution >= 0.6 is 15.9 Å². The van der Waals surface area contributed by atoms with Crippen LogP contribution < -0.4 is 0 Å². The Kier molecular flexibility index (Phi) is 8.37. The average molecular weight is 281 g/mol. The van der Waals surface area contributed by atoms with Crippen molar-refractivity contribution in [1.82, 2.24) is 0 Å². The topological polar surface area (TPSA) is 52.6 Å². The highest BCUT2D eigenvalue weighted by atomic mass is 79.9. The minimum Gasteiger partial charge on any atom is -0.466 e. The summed E-state index contributed by atoms with van der Waals surface area (Å²) in [5, 5.41) is 0.790. The predicted octanol–water partition coefficient (Wildman–Crippen LogP) is 2.05. The van der Waals surface area contributed by atoms with E-state index in [-0.39, 0.29) is 18.0 Å². The Balaban J connectivity index is 3.65. The first-order valence-corrected chi connectivity index (χ1v) is 6.05. The van der Waals surface area contributed by atoms with Crippen molar-refractivity contribution in [2.24, 2.45) is 0 Å². The van der Waals surface area contributed by atoms with Crippen molar-refractivity contribution < 1.29 is 19.1 Å². The SMILES string of the molecule is CC(=O)OCCC[C@H](CCBr)OC(C)=O. The second kappa shape index (κ2) is 8.71. The van der Waals surface area contributed by atoms with Crippen LogP contribution in [0.4, 0.5) is 0 Å². The molecule has 0 heterocycles. The van der Waals surface area contributed by atoms with Crippen molar-refractivity contribution in [3.05, 3.63) is 0 Å². The number of carbonyl (C=O) groups is 2. The first kappa shape index (κ1) is 14.4. The fourth-order valence-corrected chi connectivity index (χ4v) is 1.66. The summed E-state index contributed by atoms with van der Waals surface area (Å²) in [4.78, 5) is 21.2. The maximum Gasteiger partial charge on any atom is 0.302 e. The molecule has 0 spiro atoms. The zero-order chi connectivity index (χ0) is 11.7. The standard InChI is InChI=1S/C10H17BrO4/c1-8(12)14-7-3-4-10(5-6-11)15-9(2)13/h10H,3-7H2,1-2H3/t10-/m1/s1. The molecule has 5 heteroatoms. The first-order chi connectivity index (χ1) is 7.06. The molecule has 0 aliphatic rings. The summed E-state index contributed by atoms with van der Waals surface area (Å²) in [5.41, 5.74) is 0. The number of hydrogen-bond donors (Lipinski definition) is 0. The van der Waals surface area contributed by atoms with Gasteiger partial charge in [0.1, 0.15) is 6.10 Å². The highest BCUT2D eigenvalue weighted by Crippen LogP contribution is 2.09. The number of halogens is 1. The molecule has 0 saturated carbocycles. The van der Waals surface area contributed by atoms with Gasteiger partial charge in [-0.2, -0.15) is 0 Å². The Morgan fingerprint density at radius 1 is 1.20 bits per heavy atom. The third kappa shape index (κ3) is 9.72. The zero-order valence-electron chi connectivity index (χ0n) is 9.12. The summed E-state index contributed by atoms with van der Waals surface area (Å²) in [7, 11) is 0. The molecule has 0 fully saturated rings. The van der Waals surface area contributed by atoms with Gasteiger partial charge < -0.3 is 9.47 Å². The van der Waals surface area contributed by atoms with Crippen LogP contribution in [0.1, 0.15) is 33.1 Å². The molecular weight excluding hydrogens is 264 g/mol. The van der Waals surface area contributed by atoms with Crippen molar-refractivity contribution in [1.29, 1.82) is 0 Å². The minimum absolute atomic E-state index is 0.0857. The lowest BCUT2D eigenvalue weighted by Crippen LogP contribution is -2.17. The Morgan fingerprint density at radius 3 is 2.33 bits per heavy atom. The lowest BCUT2D eigenvalue weighted by molar-refractivity contribution is -0.148. The van der Waals surface area contributed by atoms with Crippen LogP contribution in [-0.2, 0) is 19.1 Å². The van der Waals surface area contributed by atoms with Gasteiger partial charge in [0.25, 0.3) is 0 Å². The van der Waals surface area contributed by atoms with Gasteiger partial charge in [0.15, 0.2) is 0 Å². The van der Waals surface area contributed by atoms with Gasteiger partial charge in [-0.15, -0.1) is 0 Å². The average Bonchev–Trinajstić information content (AvgIpc) is 2.11. The summed E-state index contributed by atoms with van der Waals surface area (Å²) in [5.74, 6) is -0.548. The minimum atomic E-state index is -0.278. The molecule has 0 rings (SSSR count). The monoisotopic (exact) mass is 280 g/mol. The largest absolute Gasteiger partial charge is 0.466 e. The maximum atomic E-state index is 10.7. The van der Waals surface area contributed by atoms with Crippen molar-refractivity contribution in [3.63, 3.8) is 0 Å². The van der Waals surface area contributed by atoms with E-state index in [0.29, 0.717) is 13.0 Å². The molecule has 0 N–H and O–H groups in total. The van der Waals surface area contributed by atoms with E-state index in [1.807, 2.05) is 0 Å². The fraction of sp³-hybridized carbons (Fsp3) is 0.800. The molecule has 0 aromatic carbocycles. The molecule has 1 atom stereocenters. The van der Waals surface area contributed by atoms with Crippen LogP contribution in [0.25, 0.3) is 0 Å². The second-order valence-electron chi connectivity index (χ2n) is 3.19. The van der Waals surface area contributed by atoms with Crippen molar-refractivity contribution in [2.75, 3.05) is 11.9 Å². The molecule has 0 aromatic rings. The third-order valence-electron chi connectivity index (χ3n) is 1.74. The van der Waals surface area contributed by atoms with Gasteiger partial charge in [-0.25, -0.2) is 0 Å². The van der Waals surface area contributed by atoms with E-state index in [1.165, 1.54) is 13.8 Å². The van der Waals surface area contributed by atoms with Gasteiger partial charge in [0, 0.05) is 19.2 Å². The predicted molar refractivity (Wildman–Crippen MR) is 59.8 cm³/mol. The normalized spacial score (nSPS) is 11.9. The van der Waals surface area contributed by atoms with Crippen molar-refractivity contribution in [3.8, 4) is 0 Å². The molecule has 15 heavy (non-hydrogen) atoms. The van der Waals surface area contributed by atoms with E-state index >= 15 is 0 Å². The molecule has 0 aromatic heterocycles. The molecular formula is C10H17BrO4. The van der Waals surface area contributed by atoms with E-state index in [1.54, 1.807) is 0 Å². The van der Waals surface area contributed by atoms with Gasteiger partial charge in [0.05, 0.1) is 6.61 Å². The number of rotatable bonds is 7. The van der Waals surface area contributed by atoms with Crippen molar-refractivity contribution >= 4 is 27.9 Å². The molecule has 0 saturated heterocycles. The Morgan fingerprint density at radius 2 is 1.87 bits per heavy atom. The number of alkyl halides is 1. The van der Waals surface area contributed by atoms with Crippen LogP contribution in [0, 0.1) is 0 Å². The number of hydrogen-bond acceptors (Lipinski definition) is 4. The molecule has 0 unspecified atom stereocenters. The van der Waals surface area contributed by atoms with Gasteiger partial charge in [-0.3, -0.25) is 9.59 Å². The Bertz CT molecular complexity index is 206. The highest BCUT2D eigenvalue weighted by molar-refractivity contribution is 9.09. The number of esters is 2. The van der Waals surface area contributed by atoms with Gasteiger partial charge in [-0.05, 0) is 19.3 Å².